The van der Waals surface area contributed by atoms with Gasteiger partial charge in [-0.2, -0.15) is 4.31 Å². The maximum absolute atomic E-state index is 13.0. The topological polar surface area (TPSA) is 86.7 Å². The molecule has 0 saturated carbocycles. The Kier molecular flexibility index (Phi) is 5.84. The lowest BCUT2D eigenvalue weighted by atomic mass is 9.87. The Morgan fingerprint density at radius 2 is 1.82 bits per heavy atom. The van der Waals surface area contributed by atoms with Crippen molar-refractivity contribution in [2.45, 2.75) is 50.3 Å². The number of sulfonamides is 1. The third-order valence-corrected chi connectivity index (χ3v) is 7.86. The summed E-state index contributed by atoms with van der Waals surface area (Å²) in [5.74, 6) is -0.592. The molecule has 0 radical (unpaired) electrons. The molecule has 2 aromatic rings. The van der Waals surface area contributed by atoms with Gasteiger partial charge in [-0.3, -0.25) is 4.79 Å². The van der Waals surface area contributed by atoms with E-state index in [0.717, 1.165) is 36.2 Å². The van der Waals surface area contributed by atoms with Crippen LogP contribution in [0, 0.1) is 0 Å². The lowest BCUT2D eigenvalue weighted by molar-refractivity contribution is 0.102. The minimum atomic E-state index is -3.71. The van der Waals surface area contributed by atoms with Gasteiger partial charge in [0.15, 0.2) is 0 Å². The summed E-state index contributed by atoms with van der Waals surface area (Å²) >= 11 is 1.08. The summed E-state index contributed by atoms with van der Waals surface area (Å²) in [6, 6.07) is 6.55. The van der Waals surface area contributed by atoms with E-state index in [2.05, 4.69) is 5.32 Å². The molecule has 2 heterocycles. The summed E-state index contributed by atoms with van der Waals surface area (Å²) in [6.07, 6.45) is 2.68. The molecule has 1 aliphatic heterocycles. The van der Waals surface area contributed by atoms with E-state index in [1.54, 1.807) is 11.4 Å². The van der Waals surface area contributed by atoms with Gasteiger partial charge >= 0.3 is 0 Å². The minimum Gasteiger partial charge on any atom is -0.506 e. The number of piperidine rings is 1. The molecule has 1 aromatic carbocycles. The Balaban J connectivity index is 1.89. The average Bonchev–Trinajstić information content (AvgIpc) is 3.14. The highest BCUT2D eigenvalue weighted by Crippen LogP contribution is 2.33. The summed E-state index contributed by atoms with van der Waals surface area (Å²) in [7, 11) is -3.71. The van der Waals surface area contributed by atoms with Crippen molar-refractivity contribution in [1.82, 2.24) is 4.31 Å². The Morgan fingerprint density at radius 3 is 2.46 bits per heavy atom. The molecule has 0 bridgehead atoms. The Hall–Kier alpha value is -1.90. The van der Waals surface area contributed by atoms with E-state index in [9.17, 15) is 18.3 Å². The van der Waals surface area contributed by atoms with E-state index in [1.165, 1.54) is 16.4 Å². The van der Waals surface area contributed by atoms with Crippen LogP contribution in [0.2, 0.25) is 0 Å². The van der Waals surface area contributed by atoms with Crippen molar-refractivity contribution in [2.24, 2.45) is 0 Å². The zero-order chi connectivity index (χ0) is 20.5. The molecule has 3 rings (SSSR count). The number of thiophene rings is 1. The van der Waals surface area contributed by atoms with Crippen LogP contribution in [0.4, 0.5) is 5.69 Å². The predicted octanol–water partition coefficient (Wildman–Crippen LogP) is 4.18. The number of nitrogens with zero attached hydrogens (tertiary/aromatic N) is 1. The van der Waals surface area contributed by atoms with E-state index in [0.29, 0.717) is 13.1 Å². The summed E-state index contributed by atoms with van der Waals surface area (Å²) in [5, 5.41) is 14.4. The summed E-state index contributed by atoms with van der Waals surface area (Å²) < 4.78 is 27.4. The van der Waals surface area contributed by atoms with Gasteiger partial charge in [0.1, 0.15) is 15.5 Å². The lowest BCUT2D eigenvalue weighted by Gasteiger charge is -2.25. The minimum absolute atomic E-state index is 0.0309. The van der Waals surface area contributed by atoms with Crippen LogP contribution in [0.1, 0.15) is 55.3 Å². The number of rotatable bonds is 4. The van der Waals surface area contributed by atoms with Gasteiger partial charge < -0.3 is 10.4 Å². The molecule has 2 N–H and O–H groups in total. The second-order valence-electron chi connectivity index (χ2n) is 8.01. The first kappa shape index (κ1) is 20.8. The quantitative estimate of drug-likeness (QED) is 0.724. The number of carbonyl (C=O) groups is 1. The van der Waals surface area contributed by atoms with Gasteiger partial charge in [-0.05, 0) is 47.4 Å². The van der Waals surface area contributed by atoms with Crippen molar-refractivity contribution in [2.75, 3.05) is 18.4 Å². The van der Waals surface area contributed by atoms with Gasteiger partial charge in [0.2, 0.25) is 10.0 Å². The van der Waals surface area contributed by atoms with Crippen molar-refractivity contribution in [3.8, 4) is 5.75 Å². The fourth-order valence-electron chi connectivity index (χ4n) is 3.19. The van der Waals surface area contributed by atoms with Crippen molar-refractivity contribution < 1.29 is 18.3 Å². The lowest BCUT2D eigenvalue weighted by Crippen LogP contribution is -2.36. The van der Waals surface area contributed by atoms with Gasteiger partial charge in [-0.25, -0.2) is 8.42 Å². The SMILES string of the molecule is CC(C)(C)c1ccc(O)c(NC(=O)c2sccc2S(=O)(=O)N2CCCCC2)c1. The maximum atomic E-state index is 13.0. The molecule has 0 atom stereocenters. The van der Waals surface area contributed by atoms with E-state index < -0.39 is 15.9 Å². The van der Waals surface area contributed by atoms with Crippen LogP contribution in [0.25, 0.3) is 0 Å². The molecule has 0 aliphatic carbocycles. The van der Waals surface area contributed by atoms with Crippen LogP contribution in [0.15, 0.2) is 34.5 Å². The second-order valence-corrected chi connectivity index (χ2v) is 10.8. The first-order chi connectivity index (χ1) is 13.1. The van der Waals surface area contributed by atoms with Crippen molar-refractivity contribution in [3.05, 3.63) is 40.1 Å². The molecular weight excluding hydrogens is 396 g/mol. The molecule has 6 nitrogen and oxygen atoms in total. The van der Waals surface area contributed by atoms with E-state index in [1.807, 2.05) is 26.8 Å². The molecular formula is C20H26N2O4S2. The van der Waals surface area contributed by atoms with Crippen molar-refractivity contribution >= 4 is 33.0 Å². The van der Waals surface area contributed by atoms with Crippen molar-refractivity contribution in [1.29, 1.82) is 0 Å². The van der Waals surface area contributed by atoms with Crippen molar-refractivity contribution in [3.63, 3.8) is 0 Å². The number of carbonyl (C=O) groups excluding carboxylic acids is 1. The fraction of sp³-hybridized carbons (Fsp3) is 0.450. The van der Waals surface area contributed by atoms with Crippen LogP contribution in [0.5, 0.6) is 5.75 Å². The number of aromatic hydroxyl groups is 1. The van der Waals surface area contributed by atoms with Gasteiger partial charge in [-0.1, -0.05) is 33.3 Å². The van der Waals surface area contributed by atoms with Gasteiger partial charge in [0, 0.05) is 13.1 Å². The first-order valence-corrected chi connectivity index (χ1v) is 11.6. The van der Waals surface area contributed by atoms with Crippen LogP contribution in [0.3, 0.4) is 0 Å². The Bertz CT molecular complexity index is 968. The zero-order valence-corrected chi connectivity index (χ0v) is 18.0. The molecule has 152 valence electrons. The van der Waals surface area contributed by atoms with E-state index in [-0.39, 0.29) is 26.6 Å². The summed E-state index contributed by atoms with van der Waals surface area (Å²) in [6.45, 7) is 7.07. The molecule has 1 aromatic heterocycles. The highest BCUT2D eigenvalue weighted by atomic mass is 32.2. The maximum Gasteiger partial charge on any atom is 0.267 e. The fourth-order valence-corrected chi connectivity index (χ4v) is 6.01. The molecule has 1 fully saturated rings. The van der Waals surface area contributed by atoms with E-state index >= 15 is 0 Å². The number of hydrogen-bond acceptors (Lipinski definition) is 5. The number of anilines is 1. The Morgan fingerprint density at radius 1 is 1.14 bits per heavy atom. The number of nitrogens with one attached hydrogen (secondary N) is 1. The molecule has 1 saturated heterocycles. The average molecular weight is 423 g/mol. The van der Waals surface area contributed by atoms with Gasteiger partial charge in [0.25, 0.3) is 5.91 Å². The predicted molar refractivity (Wildman–Crippen MR) is 112 cm³/mol. The molecule has 1 amide bonds. The van der Waals surface area contributed by atoms with E-state index in [4.69, 9.17) is 0 Å². The normalized spacial score (nSPS) is 16.1. The summed E-state index contributed by atoms with van der Waals surface area (Å²) in [4.78, 5) is 13.0. The van der Waals surface area contributed by atoms with Gasteiger partial charge in [-0.15, -0.1) is 11.3 Å². The zero-order valence-electron chi connectivity index (χ0n) is 16.4. The number of hydrogen-bond donors (Lipinski definition) is 2. The standard InChI is InChI=1S/C20H26N2O4S2/c1-20(2,3)14-7-8-16(23)15(13-14)21-19(24)18-17(9-12-27-18)28(25,26)22-10-5-4-6-11-22/h7-9,12-13,23H,4-6,10-11H2,1-3H3,(H,21,24). The molecule has 0 spiro atoms. The first-order valence-electron chi connectivity index (χ1n) is 9.33. The van der Waals surface area contributed by atoms with Crippen LogP contribution < -0.4 is 5.32 Å². The monoisotopic (exact) mass is 422 g/mol. The number of phenolic OH excluding ortho intramolecular Hbond substituents is 1. The number of phenols is 1. The molecule has 1 aliphatic rings. The third kappa shape index (κ3) is 4.24. The van der Waals surface area contributed by atoms with Crippen LogP contribution in [-0.2, 0) is 15.4 Å². The molecule has 28 heavy (non-hydrogen) atoms. The third-order valence-electron chi connectivity index (χ3n) is 4.88. The second kappa shape index (κ2) is 7.85. The number of benzene rings is 1. The Labute approximate surface area is 170 Å². The van der Waals surface area contributed by atoms with Gasteiger partial charge in [0.05, 0.1) is 5.69 Å². The molecule has 0 unspecified atom stereocenters. The highest BCUT2D eigenvalue weighted by Gasteiger charge is 2.31. The highest BCUT2D eigenvalue weighted by molar-refractivity contribution is 7.89. The smallest absolute Gasteiger partial charge is 0.267 e. The van der Waals surface area contributed by atoms with Crippen LogP contribution >= 0.6 is 11.3 Å². The van der Waals surface area contributed by atoms with Crippen LogP contribution in [-0.4, -0.2) is 36.8 Å². The largest absolute Gasteiger partial charge is 0.506 e. The number of amides is 1. The molecule has 8 heteroatoms. The summed E-state index contributed by atoms with van der Waals surface area (Å²) in [5.41, 5.74) is 1.07.